The molecule has 2 fully saturated rings. The monoisotopic (exact) mass is 439 g/mol. The summed E-state index contributed by atoms with van der Waals surface area (Å²) < 4.78 is 27.7. The number of nitrogens with zero attached hydrogens (tertiary/aromatic N) is 1. The third-order valence-electron chi connectivity index (χ3n) is 6.93. The van der Waals surface area contributed by atoms with Gasteiger partial charge in [0, 0.05) is 17.9 Å². The molecule has 2 bridgehead atoms. The molecule has 4 atom stereocenters. The summed E-state index contributed by atoms with van der Waals surface area (Å²) >= 11 is 0. The minimum Gasteiger partial charge on any atom is -0.274 e. The highest BCUT2D eigenvalue weighted by Gasteiger charge is 2.62. The fraction of sp³-hybridized carbons (Fsp3) is 0.143. The minimum atomic E-state index is -0.820. The highest BCUT2D eigenvalue weighted by molar-refractivity contribution is 6.23. The molecular formula is C28H19F2NO2. The summed E-state index contributed by atoms with van der Waals surface area (Å²) in [5.74, 6) is -4.06. The Labute approximate surface area is 189 Å². The highest BCUT2D eigenvalue weighted by Crippen LogP contribution is 2.58. The number of halogens is 2. The molecule has 3 aromatic rings. The Morgan fingerprint density at radius 2 is 1.12 bits per heavy atom. The smallest absolute Gasteiger partial charge is 0.238 e. The first kappa shape index (κ1) is 19.8. The van der Waals surface area contributed by atoms with Gasteiger partial charge in [0.25, 0.3) is 0 Å². The number of anilines is 1. The van der Waals surface area contributed by atoms with E-state index in [1.54, 1.807) is 0 Å². The number of benzene rings is 3. The van der Waals surface area contributed by atoms with Crippen LogP contribution in [0.3, 0.4) is 0 Å². The van der Waals surface area contributed by atoms with E-state index in [0.29, 0.717) is 0 Å². The topological polar surface area (TPSA) is 37.4 Å². The second-order valence-corrected chi connectivity index (χ2v) is 8.69. The van der Waals surface area contributed by atoms with Crippen LogP contribution in [0.25, 0.3) is 5.57 Å². The van der Waals surface area contributed by atoms with Gasteiger partial charge in [0.05, 0.1) is 17.5 Å². The number of amides is 2. The zero-order chi connectivity index (χ0) is 22.7. The standard InChI is InChI=1S/C28H19F2NO2/c29-18-13-19(30)15-20(14-18)31-27(32)25-21-11-12-22(26(25)28(31)33)24(21)23(16-7-3-1-4-8-16)17-9-5-2-6-10-17/h1-15,21-22,25-26H. The SMILES string of the molecule is O=C1C2C3C=CC(C3=C(c3ccccc3)c3ccccc3)C2C(=O)N1c1cc(F)cc(F)c1. The Hall–Kier alpha value is -3.86. The number of allylic oxidation sites excluding steroid dienone is 3. The molecular weight excluding hydrogens is 420 g/mol. The van der Waals surface area contributed by atoms with Gasteiger partial charge >= 0.3 is 0 Å². The molecule has 0 N–H and O–H groups in total. The zero-order valence-electron chi connectivity index (χ0n) is 17.5. The molecule has 33 heavy (non-hydrogen) atoms. The quantitative estimate of drug-likeness (QED) is 0.406. The minimum absolute atomic E-state index is 0.0480. The van der Waals surface area contributed by atoms with Crippen molar-refractivity contribution in [2.24, 2.45) is 23.7 Å². The molecule has 4 unspecified atom stereocenters. The summed E-state index contributed by atoms with van der Waals surface area (Å²) in [4.78, 5) is 27.9. The van der Waals surface area contributed by atoms with Crippen LogP contribution in [-0.2, 0) is 9.59 Å². The lowest BCUT2D eigenvalue weighted by Gasteiger charge is -2.21. The van der Waals surface area contributed by atoms with Crippen molar-refractivity contribution in [2.75, 3.05) is 4.90 Å². The first-order valence-corrected chi connectivity index (χ1v) is 10.9. The van der Waals surface area contributed by atoms with E-state index in [-0.39, 0.29) is 17.5 Å². The fourth-order valence-electron chi connectivity index (χ4n) is 5.73. The van der Waals surface area contributed by atoms with Gasteiger partial charge < -0.3 is 0 Å². The maximum Gasteiger partial charge on any atom is 0.238 e. The maximum absolute atomic E-state index is 13.8. The van der Waals surface area contributed by atoms with E-state index < -0.39 is 35.3 Å². The number of imide groups is 1. The molecule has 1 saturated carbocycles. The van der Waals surface area contributed by atoms with Gasteiger partial charge in [-0.25, -0.2) is 13.7 Å². The van der Waals surface area contributed by atoms with Gasteiger partial charge in [0.1, 0.15) is 11.6 Å². The molecule has 2 aliphatic carbocycles. The third kappa shape index (κ3) is 2.92. The van der Waals surface area contributed by atoms with Gasteiger partial charge in [0.2, 0.25) is 11.8 Å². The summed E-state index contributed by atoms with van der Waals surface area (Å²) in [7, 11) is 0. The van der Waals surface area contributed by atoms with Crippen LogP contribution >= 0.6 is 0 Å². The van der Waals surface area contributed by atoms with Crippen molar-refractivity contribution < 1.29 is 18.4 Å². The molecule has 1 saturated heterocycles. The zero-order valence-corrected chi connectivity index (χ0v) is 17.5. The van der Waals surface area contributed by atoms with E-state index in [1.807, 2.05) is 72.8 Å². The van der Waals surface area contributed by atoms with Crippen molar-refractivity contribution in [2.45, 2.75) is 0 Å². The van der Waals surface area contributed by atoms with Crippen molar-refractivity contribution in [3.8, 4) is 0 Å². The van der Waals surface area contributed by atoms with Crippen LogP contribution in [0, 0.1) is 35.3 Å². The van der Waals surface area contributed by atoms with Gasteiger partial charge in [-0.1, -0.05) is 72.8 Å². The Morgan fingerprint density at radius 1 is 0.667 bits per heavy atom. The molecule has 3 aliphatic rings. The van der Waals surface area contributed by atoms with Crippen LogP contribution in [0.1, 0.15) is 11.1 Å². The number of carbonyl (C=O) groups excluding carboxylic acids is 2. The normalized spacial score (nSPS) is 25.2. The second-order valence-electron chi connectivity index (χ2n) is 8.69. The Bertz CT molecular complexity index is 1250. The van der Waals surface area contributed by atoms with E-state index in [1.165, 1.54) is 0 Å². The Kier molecular flexibility index (Phi) is 4.40. The molecule has 162 valence electrons. The lowest BCUT2D eigenvalue weighted by Crippen LogP contribution is -2.33. The maximum atomic E-state index is 13.8. The van der Waals surface area contributed by atoms with Gasteiger partial charge in [0.15, 0.2) is 0 Å². The molecule has 2 amide bonds. The first-order valence-electron chi connectivity index (χ1n) is 10.9. The van der Waals surface area contributed by atoms with Crippen LogP contribution < -0.4 is 4.90 Å². The van der Waals surface area contributed by atoms with Crippen LogP contribution in [0.2, 0.25) is 0 Å². The lowest BCUT2D eigenvalue weighted by molar-refractivity contribution is -0.122. The fourth-order valence-corrected chi connectivity index (χ4v) is 5.73. The van der Waals surface area contributed by atoms with Crippen LogP contribution in [0.15, 0.2) is 96.6 Å². The molecule has 0 aromatic heterocycles. The molecule has 5 heteroatoms. The van der Waals surface area contributed by atoms with E-state index in [2.05, 4.69) is 0 Å². The van der Waals surface area contributed by atoms with Crippen LogP contribution in [0.5, 0.6) is 0 Å². The van der Waals surface area contributed by atoms with Gasteiger partial charge in [-0.05, 0) is 34.4 Å². The molecule has 3 aromatic carbocycles. The molecule has 0 spiro atoms. The molecule has 1 aliphatic heterocycles. The number of carbonyl (C=O) groups is 2. The third-order valence-corrected chi connectivity index (χ3v) is 6.93. The van der Waals surface area contributed by atoms with E-state index in [9.17, 15) is 18.4 Å². The number of hydrogen-bond acceptors (Lipinski definition) is 2. The van der Waals surface area contributed by atoms with Crippen molar-refractivity contribution >= 4 is 23.1 Å². The predicted octanol–water partition coefficient (Wildman–Crippen LogP) is 5.39. The number of hydrogen-bond donors (Lipinski definition) is 0. The van der Waals surface area contributed by atoms with Crippen molar-refractivity contribution in [3.63, 3.8) is 0 Å². The highest BCUT2D eigenvalue weighted by atomic mass is 19.1. The summed E-state index contributed by atoms with van der Waals surface area (Å²) in [5, 5.41) is 0. The van der Waals surface area contributed by atoms with Gasteiger partial charge in [-0.2, -0.15) is 0 Å². The summed E-state index contributed by atoms with van der Waals surface area (Å²) in [6.07, 6.45) is 4.02. The van der Waals surface area contributed by atoms with Crippen molar-refractivity contribution in [1.29, 1.82) is 0 Å². The average Bonchev–Trinajstić information content (AvgIpc) is 3.44. The van der Waals surface area contributed by atoms with Gasteiger partial charge in [-0.15, -0.1) is 0 Å². The van der Waals surface area contributed by atoms with E-state index in [4.69, 9.17) is 0 Å². The van der Waals surface area contributed by atoms with E-state index in [0.717, 1.165) is 45.4 Å². The van der Waals surface area contributed by atoms with Crippen molar-refractivity contribution in [1.82, 2.24) is 0 Å². The molecule has 6 rings (SSSR count). The van der Waals surface area contributed by atoms with Crippen molar-refractivity contribution in [3.05, 3.63) is 119 Å². The molecule has 1 heterocycles. The second kappa shape index (κ2) is 7.34. The van der Waals surface area contributed by atoms with E-state index >= 15 is 0 Å². The molecule has 0 radical (unpaired) electrons. The largest absolute Gasteiger partial charge is 0.274 e. The summed E-state index contributed by atoms with van der Waals surface area (Å²) in [5.41, 5.74) is 4.11. The number of rotatable bonds is 3. The first-order chi connectivity index (χ1) is 16.0. The van der Waals surface area contributed by atoms with Crippen LogP contribution in [0.4, 0.5) is 14.5 Å². The summed E-state index contributed by atoms with van der Waals surface area (Å²) in [6, 6.07) is 22.7. The Morgan fingerprint density at radius 3 is 1.58 bits per heavy atom. The van der Waals surface area contributed by atoms with Gasteiger partial charge in [-0.3, -0.25) is 9.59 Å². The summed E-state index contributed by atoms with van der Waals surface area (Å²) in [6.45, 7) is 0. The van der Waals surface area contributed by atoms with Crippen LogP contribution in [-0.4, -0.2) is 11.8 Å². The number of fused-ring (bicyclic) bond motifs is 5. The lowest BCUT2D eigenvalue weighted by atomic mass is 9.85. The Balaban J connectivity index is 1.49. The predicted molar refractivity (Wildman–Crippen MR) is 121 cm³/mol. The molecule has 3 nitrogen and oxygen atoms in total. The average molecular weight is 439 g/mol.